The van der Waals surface area contributed by atoms with Gasteiger partial charge in [-0.25, -0.2) is 0 Å². The third kappa shape index (κ3) is 2.57. The standard InChI is InChI=1S/C20H16N2/c1-14-4-2-5-17(12-14)19-7-3-6-18(20(19)22)16-10-8-15(13-21)9-11-16/h2-12H,22H2,1H3. The molecule has 0 saturated heterocycles. The van der Waals surface area contributed by atoms with Gasteiger partial charge in [0.05, 0.1) is 11.6 Å². The Labute approximate surface area is 130 Å². The molecule has 3 rings (SSSR count). The first-order valence-corrected chi connectivity index (χ1v) is 7.15. The first kappa shape index (κ1) is 13.9. The van der Waals surface area contributed by atoms with Crippen LogP contribution in [0.1, 0.15) is 11.1 Å². The predicted octanol–water partition coefficient (Wildman–Crippen LogP) is 4.78. The first-order valence-electron chi connectivity index (χ1n) is 7.15. The summed E-state index contributed by atoms with van der Waals surface area (Å²) in [5.74, 6) is 0. The van der Waals surface area contributed by atoms with Crippen molar-refractivity contribution in [1.82, 2.24) is 0 Å². The van der Waals surface area contributed by atoms with Crippen LogP contribution in [0.15, 0.2) is 66.7 Å². The number of rotatable bonds is 2. The quantitative estimate of drug-likeness (QED) is 0.688. The topological polar surface area (TPSA) is 49.8 Å². The van der Waals surface area contributed by atoms with Crippen LogP contribution < -0.4 is 5.73 Å². The normalized spacial score (nSPS) is 10.2. The average Bonchev–Trinajstić information content (AvgIpc) is 2.55. The van der Waals surface area contributed by atoms with E-state index in [2.05, 4.69) is 31.2 Å². The zero-order valence-corrected chi connectivity index (χ0v) is 12.4. The van der Waals surface area contributed by atoms with Crippen molar-refractivity contribution in [1.29, 1.82) is 5.26 Å². The molecule has 0 radical (unpaired) electrons. The number of benzene rings is 3. The molecule has 0 bridgehead atoms. The van der Waals surface area contributed by atoms with E-state index in [9.17, 15) is 0 Å². The highest BCUT2D eigenvalue weighted by Crippen LogP contribution is 2.34. The Morgan fingerprint density at radius 2 is 1.45 bits per heavy atom. The highest BCUT2D eigenvalue weighted by Gasteiger charge is 2.09. The van der Waals surface area contributed by atoms with Gasteiger partial charge in [0.25, 0.3) is 0 Å². The van der Waals surface area contributed by atoms with Crippen molar-refractivity contribution in [2.24, 2.45) is 0 Å². The van der Waals surface area contributed by atoms with Gasteiger partial charge in [0.1, 0.15) is 0 Å². The summed E-state index contributed by atoms with van der Waals surface area (Å²) in [6, 6.07) is 24.0. The lowest BCUT2D eigenvalue weighted by Gasteiger charge is -2.12. The predicted molar refractivity (Wildman–Crippen MR) is 91.2 cm³/mol. The Balaban J connectivity index is 2.11. The molecule has 3 aromatic carbocycles. The lowest BCUT2D eigenvalue weighted by Crippen LogP contribution is -1.94. The number of nitrogens with two attached hydrogens (primary N) is 1. The fraction of sp³-hybridized carbons (Fsp3) is 0.0500. The Hall–Kier alpha value is -3.05. The maximum atomic E-state index is 8.90. The van der Waals surface area contributed by atoms with E-state index in [0.717, 1.165) is 27.9 Å². The van der Waals surface area contributed by atoms with Gasteiger partial charge in [-0.1, -0.05) is 60.2 Å². The molecule has 0 spiro atoms. The van der Waals surface area contributed by atoms with Gasteiger partial charge in [0.15, 0.2) is 0 Å². The van der Waals surface area contributed by atoms with Gasteiger partial charge < -0.3 is 5.73 Å². The molecule has 22 heavy (non-hydrogen) atoms. The minimum absolute atomic E-state index is 0.650. The molecule has 2 heteroatoms. The summed E-state index contributed by atoms with van der Waals surface area (Å²) in [5, 5.41) is 8.90. The van der Waals surface area contributed by atoms with E-state index in [1.807, 2.05) is 48.5 Å². The summed E-state index contributed by atoms with van der Waals surface area (Å²) in [6.07, 6.45) is 0. The van der Waals surface area contributed by atoms with Gasteiger partial charge in [-0.15, -0.1) is 0 Å². The van der Waals surface area contributed by atoms with Crippen molar-refractivity contribution in [2.75, 3.05) is 5.73 Å². The van der Waals surface area contributed by atoms with Gasteiger partial charge in [-0.2, -0.15) is 5.26 Å². The van der Waals surface area contributed by atoms with Crippen LogP contribution in [0, 0.1) is 18.3 Å². The molecule has 0 aliphatic rings. The molecule has 0 aliphatic carbocycles. The third-order valence-corrected chi connectivity index (χ3v) is 3.76. The lowest BCUT2D eigenvalue weighted by atomic mass is 9.95. The van der Waals surface area contributed by atoms with Crippen molar-refractivity contribution >= 4 is 5.69 Å². The Morgan fingerprint density at radius 1 is 0.818 bits per heavy atom. The number of nitriles is 1. The largest absolute Gasteiger partial charge is 0.398 e. The first-order chi connectivity index (χ1) is 10.7. The molecule has 0 aliphatic heterocycles. The average molecular weight is 284 g/mol. The van der Waals surface area contributed by atoms with Crippen molar-refractivity contribution < 1.29 is 0 Å². The van der Waals surface area contributed by atoms with Crippen molar-refractivity contribution in [3.63, 3.8) is 0 Å². The van der Waals surface area contributed by atoms with E-state index in [4.69, 9.17) is 11.0 Å². The Morgan fingerprint density at radius 3 is 2.09 bits per heavy atom. The molecule has 2 nitrogen and oxygen atoms in total. The number of hydrogen-bond donors (Lipinski definition) is 1. The number of hydrogen-bond acceptors (Lipinski definition) is 2. The molecular formula is C20H16N2. The highest BCUT2D eigenvalue weighted by atomic mass is 14.6. The van der Waals surface area contributed by atoms with Gasteiger partial charge >= 0.3 is 0 Å². The number of aryl methyl sites for hydroxylation is 1. The summed E-state index contributed by atoms with van der Waals surface area (Å²) in [4.78, 5) is 0. The van der Waals surface area contributed by atoms with E-state index < -0.39 is 0 Å². The molecule has 106 valence electrons. The monoisotopic (exact) mass is 284 g/mol. The van der Waals surface area contributed by atoms with Crippen molar-refractivity contribution in [3.8, 4) is 28.3 Å². The van der Waals surface area contributed by atoms with E-state index >= 15 is 0 Å². The van der Waals surface area contributed by atoms with E-state index in [1.54, 1.807) is 0 Å². The van der Waals surface area contributed by atoms with E-state index in [0.29, 0.717) is 5.56 Å². The van der Waals surface area contributed by atoms with Crippen molar-refractivity contribution in [2.45, 2.75) is 6.92 Å². The minimum Gasteiger partial charge on any atom is -0.398 e. The van der Waals surface area contributed by atoms with Gasteiger partial charge in [-0.05, 0) is 30.2 Å². The zero-order valence-electron chi connectivity index (χ0n) is 12.4. The summed E-state index contributed by atoms with van der Waals surface area (Å²) >= 11 is 0. The van der Waals surface area contributed by atoms with E-state index in [-0.39, 0.29) is 0 Å². The highest BCUT2D eigenvalue weighted by molar-refractivity contribution is 5.89. The number of nitrogens with zero attached hydrogens (tertiary/aromatic N) is 1. The molecule has 3 aromatic rings. The maximum Gasteiger partial charge on any atom is 0.0991 e. The number of anilines is 1. The van der Waals surface area contributed by atoms with E-state index in [1.165, 1.54) is 5.56 Å². The van der Waals surface area contributed by atoms with Crippen LogP contribution in [-0.2, 0) is 0 Å². The summed E-state index contributed by atoms with van der Waals surface area (Å²) in [6.45, 7) is 2.07. The molecule has 0 aromatic heterocycles. The molecule has 2 N–H and O–H groups in total. The second-order valence-electron chi connectivity index (χ2n) is 5.33. The smallest absolute Gasteiger partial charge is 0.0991 e. The molecule has 0 fully saturated rings. The van der Waals surface area contributed by atoms with Crippen LogP contribution in [-0.4, -0.2) is 0 Å². The Kier molecular flexibility index (Phi) is 3.64. The summed E-state index contributed by atoms with van der Waals surface area (Å²) in [7, 11) is 0. The molecule has 0 unspecified atom stereocenters. The third-order valence-electron chi connectivity index (χ3n) is 3.76. The zero-order chi connectivity index (χ0) is 15.5. The molecule has 0 saturated carbocycles. The van der Waals surface area contributed by atoms with Crippen LogP contribution in [0.4, 0.5) is 5.69 Å². The Bertz CT molecular complexity index is 856. The summed E-state index contributed by atoms with van der Waals surface area (Å²) in [5.41, 5.74) is 13.2. The van der Waals surface area contributed by atoms with Crippen LogP contribution >= 0.6 is 0 Å². The van der Waals surface area contributed by atoms with Crippen molar-refractivity contribution in [3.05, 3.63) is 77.9 Å². The van der Waals surface area contributed by atoms with Crippen LogP contribution in [0.25, 0.3) is 22.3 Å². The molecule has 0 heterocycles. The molecular weight excluding hydrogens is 268 g/mol. The second-order valence-corrected chi connectivity index (χ2v) is 5.33. The maximum absolute atomic E-state index is 8.90. The van der Waals surface area contributed by atoms with Gasteiger partial charge in [-0.3, -0.25) is 0 Å². The SMILES string of the molecule is Cc1cccc(-c2cccc(-c3ccc(C#N)cc3)c2N)c1. The number of para-hydroxylation sites is 1. The number of nitrogen functional groups attached to an aromatic ring is 1. The summed E-state index contributed by atoms with van der Waals surface area (Å²) < 4.78 is 0. The fourth-order valence-electron chi connectivity index (χ4n) is 2.61. The minimum atomic E-state index is 0.650. The van der Waals surface area contributed by atoms with Crippen LogP contribution in [0.5, 0.6) is 0 Å². The van der Waals surface area contributed by atoms with Crippen LogP contribution in [0.2, 0.25) is 0 Å². The van der Waals surface area contributed by atoms with Crippen LogP contribution in [0.3, 0.4) is 0 Å². The fourth-order valence-corrected chi connectivity index (χ4v) is 2.61. The second kappa shape index (κ2) is 5.75. The van der Waals surface area contributed by atoms with Gasteiger partial charge in [0.2, 0.25) is 0 Å². The molecule has 0 atom stereocenters. The lowest BCUT2D eigenvalue weighted by molar-refractivity contribution is 1.46. The van der Waals surface area contributed by atoms with Gasteiger partial charge in [0, 0.05) is 16.8 Å². The molecule has 0 amide bonds.